The molecule has 0 atom stereocenters. The van der Waals surface area contributed by atoms with E-state index in [0.717, 1.165) is 27.1 Å². The lowest BCUT2D eigenvalue weighted by Gasteiger charge is -1.95. The van der Waals surface area contributed by atoms with Crippen molar-refractivity contribution in [1.29, 1.82) is 0 Å². The van der Waals surface area contributed by atoms with Gasteiger partial charge in [-0.15, -0.1) is 10.2 Å². The minimum absolute atomic E-state index is 0.711. The topological polar surface area (TPSA) is 43.1 Å². The smallest absolute Gasteiger partial charge is 0.186 e. The third-order valence-corrected chi connectivity index (χ3v) is 4.13. The van der Waals surface area contributed by atoms with Crippen LogP contribution in [-0.4, -0.2) is 26.1 Å². The first-order valence-corrected chi connectivity index (χ1v) is 7.83. The molecule has 0 aliphatic carbocycles. The Bertz CT molecular complexity index is 691. The van der Waals surface area contributed by atoms with Gasteiger partial charge in [-0.1, -0.05) is 35.1 Å². The van der Waals surface area contributed by atoms with Crippen LogP contribution in [0.4, 0.5) is 0 Å². The Balaban J connectivity index is 2.08. The molecular weight excluding hydrogens is 288 g/mol. The van der Waals surface area contributed by atoms with Crippen molar-refractivity contribution in [3.05, 3.63) is 35.1 Å². The molecule has 0 saturated carbocycles. The number of hydrogen-bond donors (Lipinski definition) is 0. The predicted octanol–water partition coefficient (Wildman–Crippen LogP) is 3.37. The molecule has 0 aliphatic rings. The van der Waals surface area contributed by atoms with E-state index in [2.05, 4.69) is 15.3 Å². The monoisotopic (exact) mass is 296 g/mol. The second kappa shape index (κ2) is 4.87. The SMILES string of the molecule is CSCc1nnc2sc(-c3cccc(Cl)c3)nn12. The molecule has 3 rings (SSSR count). The summed E-state index contributed by atoms with van der Waals surface area (Å²) in [6, 6.07) is 7.67. The Labute approximate surface area is 117 Å². The number of aromatic nitrogens is 4. The van der Waals surface area contributed by atoms with Crippen molar-refractivity contribution in [3.8, 4) is 10.6 Å². The molecule has 0 amide bonds. The Morgan fingerprint density at radius 1 is 1.39 bits per heavy atom. The highest BCUT2D eigenvalue weighted by molar-refractivity contribution is 7.97. The van der Waals surface area contributed by atoms with Crippen LogP contribution in [0.5, 0.6) is 0 Å². The molecular formula is C11H9ClN4S2. The maximum absolute atomic E-state index is 5.99. The van der Waals surface area contributed by atoms with Gasteiger partial charge < -0.3 is 0 Å². The first-order valence-electron chi connectivity index (χ1n) is 5.24. The zero-order valence-electron chi connectivity index (χ0n) is 9.50. The van der Waals surface area contributed by atoms with E-state index in [1.807, 2.05) is 30.5 Å². The van der Waals surface area contributed by atoms with Gasteiger partial charge in [-0.05, 0) is 18.4 Å². The highest BCUT2D eigenvalue weighted by Crippen LogP contribution is 2.27. The van der Waals surface area contributed by atoms with Crippen molar-refractivity contribution < 1.29 is 0 Å². The standard InChI is InChI=1S/C11H9ClN4S2/c1-17-6-9-13-14-11-16(9)15-10(18-11)7-3-2-4-8(12)5-7/h2-5H,6H2,1H3. The Morgan fingerprint density at radius 3 is 3.06 bits per heavy atom. The zero-order chi connectivity index (χ0) is 12.5. The first kappa shape index (κ1) is 12.0. The van der Waals surface area contributed by atoms with Gasteiger partial charge in [0.05, 0.1) is 5.75 Å². The van der Waals surface area contributed by atoms with E-state index in [1.165, 1.54) is 11.3 Å². The Hall–Kier alpha value is -1.11. The number of nitrogens with zero attached hydrogens (tertiary/aromatic N) is 4. The second-order valence-corrected chi connectivity index (χ2v) is 5.92. The van der Waals surface area contributed by atoms with Crippen molar-refractivity contribution in [1.82, 2.24) is 19.8 Å². The molecule has 18 heavy (non-hydrogen) atoms. The quantitative estimate of drug-likeness (QED) is 0.743. The van der Waals surface area contributed by atoms with Crippen molar-refractivity contribution >= 4 is 39.7 Å². The van der Waals surface area contributed by atoms with Gasteiger partial charge in [-0.3, -0.25) is 0 Å². The molecule has 0 bridgehead atoms. The lowest BCUT2D eigenvalue weighted by atomic mass is 10.2. The summed E-state index contributed by atoms with van der Waals surface area (Å²) >= 11 is 9.21. The van der Waals surface area contributed by atoms with E-state index in [-0.39, 0.29) is 0 Å². The summed E-state index contributed by atoms with van der Waals surface area (Å²) in [7, 11) is 0. The van der Waals surface area contributed by atoms with Crippen LogP contribution in [0.2, 0.25) is 5.02 Å². The van der Waals surface area contributed by atoms with Crippen molar-refractivity contribution in [2.45, 2.75) is 5.75 Å². The number of hydrogen-bond acceptors (Lipinski definition) is 5. The molecule has 0 N–H and O–H groups in total. The van der Waals surface area contributed by atoms with E-state index in [0.29, 0.717) is 5.02 Å². The summed E-state index contributed by atoms with van der Waals surface area (Å²) in [5, 5.41) is 14.4. The van der Waals surface area contributed by atoms with E-state index in [4.69, 9.17) is 11.6 Å². The molecule has 2 heterocycles. The molecule has 2 aromatic heterocycles. The predicted molar refractivity (Wildman–Crippen MR) is 76.3 cm³/mol. The minimum Gasteiger partial charge on any atom is -0.186 e. The number of fused-ring (bicyclic) bond motifs is 1. The van der Waals surface area contributed by atoms with Crippen LogP contribution in [0, 0.1) is 0 Å². The maximum atomic E-state index is 5.99. The van der Waals surface area contributed by atoms with Crippen LogP contribution < -0.4 is 0 Å². The van der Waals surface area contributed by atoms with Gasteiger partial charge in [0.2, 0.25) is 4.96 Å². The van der Waals surface area contributed by atoms with Gasteiger partial charge in [0, 0.05) is 10.6 Å². The Kier molecular flexibility index (Phi) is 3.23. The molecule has 0 unspecified atom stereocenters. The molecule has 0 fully saturated rings. The number of halogens is 1. The summed E-state index contributed by atoms with van der Waals surface area (Å²) < 4.78 is 1.80. The zero-order valence-corrected chi connectivity index (χ0v) is 11.9. The molecule has 4 nitrogen and oxygen atoms in total. The largest absolute Gasteiger partial charge is 0.235 e. The van der Waals surface area contributed by atoms with E-state index in [1.54, 1.807) is 16.3 Å². The Morgan fingerprint density at radius 2 is 2.28 bits per heavy atom. The molecule has 7 heteroatoms. The highest BCUT2D eigenvalue weighted by atomic mass is 35.5. The van der Waals surface area contributed by atoms with Crippen LogP contribution in [0.3, 0.4) is 0 Å². The molecule has 0 saturated heterocycles. The van der Waals surface area contributed by atoms with Crippen LogP contribution in [0.25, 0.3) is 15.5 Å². The van der Waals surface area contributed by atoms with Gasteiger partial charge in [0.15, 0.2) is 5.82 Å². The average molecular weight is 297 g/mol. The number of rotatable bonds is 3. The molecule has 0 radical (unpaired) electrons. The van der Waals surface area contributed by atoms with Gasteiger partial charge in [0.1, 0.15) is 5.01 Å². The van der Waals surface area contributed by atoms with Gasteiger partial charge >= 0.3 is 0 Å². The average Bonchev–Trinajstić information content (AvgIpc) is 2.92. The van der Waals surface area contributed by atoms with E-state index < -0.39 is 0 Å². The van der Waals surface area contributed by atoms with Crippen molar-refractivity contribution in [2.24, 2.45) is 0 Å². The van der Waals surface area contributed by atoms with Crippen LogP contribution >= 0.6 is 34.7 Å². The lowest BCUT2D eigenvalue weighted by molar-refractivity contribution is 0.888. The molecule has 0 aliphatic heterocycles. The number of thioether (sulfide) groups is 1. The van der Waals surface area contributed by atoms with Crippen LogP contribution in [0.1, 0.15) is 5.82 Å². The summed E-state index contributed by atoms with van der Waals surface area (Å²) in [6.07, 6.45) is 2.03. The van der Waals surface area contributed by atoms with Crippen molar-refractivity contribution in [3.63, 3.8) is 0 Å². The molecule has 0 spiro atoms. The molecule has 1 aromatic carbocycles. The fraction of sp³-hybridized carbons (Fsp3) is 0.182. The molecule has 3 aromatic rings. The second-order valence-electron chi connectivity index (χ2n) is 3.66. The van der Waals surface area contributed by atoms with E-state index >= 15 is 0 Å². The minimum atomic E-state index is 0.711. The maximum Gasteiger partial charge on any atom is 0.235 e. The first-order chi connectivity index (χ1) is 8.78. The van der Waals surface area contributed by atoms with Gasteiger partial charge in [0.25, 0.3) is 0 Å². The van der Waals surface area contributed by atoms with Crippen molar-refractivity contribution in [2.75, 3.05) is 6.26 Å². The number of benzene rings is 1. The highest BCUT2D eigenvalue weighted by Gasteiger charge is 2.12. The summed E-state index contributed by atoms with van der Waals surface area (Å²) in [4.78, 5) is 0.814. The normalized spacial score (nSPS) is 11.2. The lowest BCUT2D eigenvalue weighted by Crippen LogP contribution is -1.93. The fourth-order valence-corrected chi connectivity index (χ4v) is 3.10. The molecule has 92 valence electrons. The third kappa shape index (κ3) is 2.11. The summed E-state index contributed by atoms with van der Waals surface area (Å²) in [5.41, 5.74) is 1.01. The van der Waals surface area contributed by atoms with Crippen LogP contribution in [-0.2, 0) is 5.75 Å². The fourth-order valence-electron chi connectivity index (χ4n) is 1.61. The van der Waals surface area contributed by atoms with Gasteiger partial charge in [-0.25, -0.2) is 0 Å². The summed E-state index contributed by atoms with van der Waals surface area (Å²) in [5.74, 6) is 1.68. The summed E-state index contributed by atoms with van der Waals surface area (Å²) in [6.45, 7) is 0. The van der Waals surface area contributed by atoms with E-state index in [9.17, 15) is 0 Å². The van der Waals surface area contributed by atoms with Gasteiger partial charge in [-0.2, -0.15) is 21.4 Å². The third-order valence-electron chi connectivity index (χ3n) is 2.40. The van der Waals surface area contributed by atoms with Crippen LogP contribution in [0.15, 0.2) is 24.3 Å².